The van der Waals surface area contributed by atoms with Crippen molar-refractivity contribution < 1.29 is 4.79 Å². The molecule has 2 aromatic heterocycles. The van der Waals surface area contributed by atoms with E-state index in [1.807, 2.05) is 24.8 Å². The van der Waals surface area contributed by atoms with Crippen molar-refractivity contribution in [3.63, 3.8) is 0 Å². The number of amides is 1. The summed E-state index contributed by atoms with van der Waals surface area (Å²) in [6, 6.07) is 2.12. The van der Waals surface area contributed by atoms with Gasteiger partial charge in [0, 0.05) is 32.1 Å². The van der Waals surface area contributed by atoms with Crippen LogP contribution in [0.15, 0.2) is 6.07 Å². The fraction of sp³-hybridized carbons (Fsp3) is 0.647. The highest BCUT2D eigenvalue weighted by atomic mass is 35.5. The summed E-state index contributed by atoms with van der Waals surface area (Å²) in [6.07, 6.45) is 0.823. The van der Waals surface area contributed by atoms with Crippen LogP contribution in [0.1, 0.15) is 55.4 Å². The van der Waals surface area contributed by atoms with E-state index in [0.717, 1.165) is 27.2 Å². The van der Waals surface area contributed by atoms with Crippen molar-refractivity contribution in [1.29, 1.82) is 0 Å². The van der Waals surface area contributed by atoms with Gasteiger partial charge in [-0.3, -0.25) is 9.48 Å². The summed E-state index contributed by atoms with van der Waals surface area (Å²) in [6.45, 7) is 9.15. The molecule has 0 radical (unpaired) electrons. The predicted molar refractivity (Wildman–Crippen MR) is 104 cm³/mol. The van der Waals surface area contributed by atoms with Crippen LogP contribution in [0.2, 0.25) is 0 Å². The van der Waals surface area contributed by atoms with E-state index in [9.17, 15) is 4.79 Å². The zero-order valence-electron chi connectivity index (χ0n) is 15.4. The van der Waals surface area contributed by atoms with Crippen molar-refractivity contribution in [2.75, 3.05) is 13.6 Å². The maximum Gasteiger partial charge on any atom is 0.263 e. The fourth-order valence-electron chi connectivity index (χ4n) is 2.56. The average Bonchev–Trinajstić information content (AvgIpc) is 3.04. The lowest BCUT2D eigenvalue weighted by atomic mass is 10.0. The van der Waals surface area contributed by atoms with Crippen LogP contribution in [-0.4, -0.2) is 40.2 Å². The van der Waals surface area contributed by atoms with Gasteiger partial charge in [0.25, 0.3) is 5.91 Å². The third-order valence-corrected chi connectivity index (χ3v) is 5.49. The molecule has 1 unspecified atom stereocenters. The first-order valence-electron chi connectivity index (χ1n) is 8.19. The second kappa shape index (κ2) is 8.32. The third-order valence-electron chi connectivity index (χ3n) is 4.30. The lowest BCUT2D eigenvalue weighted by Crippen LogP contribution is -2.34. The number of nitrogens with zero attached hydrogens (tertiary/aromatic N) is 3. The van der Waals surface area contributed by atoms with E-state index in [1.54, 1.807) is 4.90 Å². The lowest BCUT2D eigenvalue weighted by molar-refractivity contribution is 0.0794. The highest BCUT2D eigenvalue weighted by Gasteiger charge is 2.21. The minimum absolute atomic E-state index is 0. The number of aromatic nitrogens is 2. The van der Waals surface area contributed by atoms with Gasteiger partial charge in [-0.1, -0.05) is 27.7 Å². The van der Waals surface area contributed by atoms with Crippen molar-refractivity contribution in [2.24, 2.45) is 18.7 Å². The van der Waals surface area contributed by atoms with Crippen molar-refractivity contribution in [1.82, 2.24) is 14.7 Å². The molecule has 0 saturated carbocycles. The number of rotatable bonds is 6. The Kier molecular flexibility index (Phi) is 7.25. The second-order valence-electron chi connectivity index (χ2n) is 6.92. The molecule has 0 fully saturated rings. The molecule has 1 atom stereocenters. The largest absolute Gasteiger partial charge is 0.341 e. The maximum absolute atomic E-state index is 12.7. The zero-order chi connectivity index (χ0) is 17.3. The lowest BCUT2D eigenvalue weighted by Gasteiger charge is -2.21. The molecule has 0 aliphatic carbocycles. The predicted octanol–water partition coefficient (Wildman–Crippen LogP) is 3.63. The van der Waals surface area contributed by atoms with Gasteiger partial charge in [-0.2, -0.15) is 5.10 Å². The molecular weight excluding hydrogens is 344 g/mol. The number of nitrogens with two attached hydrogens (primary N) is 1. The van der Waals surface area contributed by atoms with Crippen LogP contribution in [0, 0.1) is 5.92 Å². The van der Waals surface area contributed by atoms with Gasteiger partial charge in [-0.05, 0) is 24.3 Å². The number of carbonyl (C=O) groups excluding carboxylic acids is 1. The van der Waals surface area contributed by atoms with E-state index in [-0.39, 0.29) is 24.4 Å². The molecule has 0 aliphatic heterocycles. The molecule has 0 saturated heterocycles. The van der Waals surface area contributed by atoms with Gasteiger partial charge in [0.15, 0.2) is 0 Å². The van der Waals surface area contributed by atoms with Crippen LogP contribution in [-0.2, 0) is 7.05 Å². The Balaban J connectivity index is 0.00000288. The normalized spacial score (nSPS) is 12.7. The highest BCUT2D eigenvalue weighted by Crippen LogP contribution is 2.32. The Morgan fingerprint density at radius 2 is 2.00 bits per heavy atom. The van der Waals surface area contributed by atoms with E-state index in [0.29, 0.717) is 18.4 Å². The zero-order valence-corrected chi connectivity index (χ0v) is 17.0. The van der Waals surface area contributed by atoms with Gasteiger partial charge in [0.05, 0.1) is 10.6 Å². The van der Waals surface area contributed by atoms with E-state index in [4.69, 9.17) is 5.73 Å². The van der Waals surface area contributed by atoms with Crippen molar-refractivity contribution in [3.05, 3.63) is 16.6 Å². The van der Waals surface area contributed by atoms with E-state index in [2.05, 4.69) is 32.8 Å². The summed E-state index contributed by atoms with van der Waals surface area (Å²) < 4.78 is 1.88. The maximum atomic E-state index is 12.7. The number of carbonyl (C=O) groups is 1. The molecular formula is C17H29ClN4OS. The van der Waals surface area contributed by atoms with Crippen molar-refractivity contribution in [2.45, 2.75) is 46.1 Å². The fourth-order valence-corrected chi connectivity index (χ4v) is 3.64. The Labute approximate surface area is 154 Å². The second-order valence-corrected chi connectivity index (χ2v) is 7.95. The molecule has 136 valence electrons. The van der Waals surface area contributed by atoms with Gasteiger partial charge in [-0.15, -0.1) is 23.7 Å². The van der Waals surface area contributed by atoms with Gasteiger partial charge >= 0.3 is 0 Å². The molecule has 24 heavy (non-hydrogen) atoms. The Bertz CT molecular complexity index is 692. The number of aryl methyl sites for hydroxylation is 1. The molecule has 1 amide bonds. The molecule has 2 N–H and O–H groups in total. The highest BCUT2D eigenvalue weighted by molar-refractivity contribution is 7.20. The Hall–Kier alpha value is -1.11. The third kappa shape index (κ3) is 4.29. The molecule has 0 aliphatic rings. The number of hydrogen-bond acceptors (Lipinski definition) is 4. The molecule has 0 aromatic carbocycles. The smallest absolute Gasteiger partial charge is 0.263 e. The van der Waals surface area contributed by atoms with Gasteiger partial charge in [0.2, 0.25) is 0 Å². The number of fused-ring (bicyclic) bond motifs is 1. The summed E-state index contributed by atoms with van der Waals surface area (Å²) in [5.41, 5.74) is 7.13. The first-order valence-corrected chi connectivity index (χ1v) is 9.01. The summed E-state index contributed by atoms with van der Waals surface area (Å²) in [5, 5.41) is 5.66. The summed E-state index contributed by atoms with van der Waals surface area (Å²) >= 11 is 1.52. The van der Waals surface area contributed by atoms with Gasteiger partial charge in [0.1, 0.15) is 4.83 Å². The molecule has 0 spiro atoms. The molecule has 5 nitrogen and oxygen atoms in total. The number of hydrogen-bond donors (Lipinski definition) is 1. The standard InChI is InChI=1S/C17H28N4OS.ClH/c1-10(2)13(18)7-8-20(5)16(22)14-9-12-15(11(3)4)19-21(6)17(12)23-14;/h9-11,13H,7-8,18H2,1-6H3;1H. The van der Waals surface area contributed by atoms with Gasteiger partial charge in [-0.25, -0.2) is 0 Å². The minimum atomic E-state index is 0. The SMILES string of the molecule is CC(C)c1nn(C)c2sc(C(=O)N(C)CCC(N)C(C)C)cc12.Cl. The van der Waals surface area contributed by atoms with E-state index in [1.165, 1.54) is 11.3 Å². The average molecular weight is 373 g/mol. The Morgan fingerprint density at radius 1 is 1.38 bits per heavy atom. The Morgan fingerprint density at radius 3 is 2.54 bits per heavy atom. The molecule has 7 heteroatoms. The van der Waals surface area contributed by atoms with Gasteiger partial charge < -0.3 is 10.6 Å². The topological polar surface area (TPSA) is 64.2 Å². The molecule has 2 aromatic rings. The van der Waals surface area contributed by atoms with E-state index >= 15 is 0 Å². The van der Waals surface area contributed by atoms with Crippen molar-refractivity contribution >= 4 is 39.9 Å². The first-order chi connectivity index (χ1) is 10.7. The number of thiophene rings is 1. The van der Waals surface area contributed by atoms with Crippen LogP contribution >= 0.6 is 23.7 Å². The van der Waals surface area contributed by atoms with Crippen LogP contribution in [0.5, 0.6) is 0 Å². The molecule has 0 bridgehead atoms. The molecule has 2 heterocycles. The first kappa shape index (κ1) is 20.9. The molecule has 2 rings (SSSR count). The quantitative estimate of drug-likeness (QED) is 0.842. The van der Waals surface area contributed by atoms with Crippen LogP contribution in [0.4, 0.5) is 0 Å². The number of halogens is 1. The summed E-state index contributed by atoms with van der Waals surface area (Å²) in [4.78, 5) is 16.3. The van der Waals surface area contributed by atoms with Crippen LogP contribution in [0.25, 0.3) is 10.2 Å². The van der Waals surface area contributed by atoms with Crippen LogP contribution < -0.4 is 5.73 Å². The summed E-state index contributed by atoms with van der Waals surface area (Å²) in [7, 11) is 3.78. The van der Waals surface area contributed by atoms with Crippen molar-refractivity contribution in [3.8, 4) is 0 Å². The van der Waals surface area contributed by atoms with Crippen LogP contribution in [0.3, 0.4) is 0 Å². The monoisotopic (exact) mass is 372 g/mol. The van der Waals surface area contributed by atoms with E-state index < -0.39 is 0 Å². The minimum Gasteiger partial charge on any atom is -0.341 e. The summed E-state index contributed by atoms with van der Waals surface area (Å²) in [5.74, 6) is 0.845.